The Bertz CT molecular complexity index is 809. The van der Waals surface area contributed by atoms with Crippen molar-refractivity contribution in [1.29, 1.82) is 0 Å². The van der Waals surface area contributed by atoms with Crippen LogP contribution in [0, 0.1) is 0 Å². The third-order valence-electron chi connectivity index (χ3n) is 4.34. The highest BCUT2D eigenvalue weighted by molar-refractivity contribution is 5.99. The van der Waals surface area contributed by atoms with Crippen molar-refractivity contribution < 1.29 is 14.4 Å². The lowest BCUT2D eigenvalue weighted by Crippen LogP contribution is -2.56. The summed E-state index contributed by atoms with van der Waals surface area (Å²) in [5, 5.41) is 8.95. The van der Waals surface area contributed by atoms with Crippen molar-refractivity contribution in [3.05, 3.63) is 18.5 Å². The van der Waals surface area contributed by atoms with E-state index in [4.69, 9.17) is 0 Å². The SMILES string of the molecule is CCCCCNC(=O)C1CC(=O)N1.CN(C)c1c(NC=O)cnc2[nH]ccc12. The fraction of sp³-hybridized carbons (Fsp3) is 0.474. The van der Waals surface area contributed by atoms with E-state index in [1.807, 2.05) is 31.3 Å². The summed E-state index contributed by atoms with van der Waals surface area (Å²) in [5.74, 6) is -0.0792. The van der Waals surface area contributed by atoms with Gasteiger partial charge >= 0.3 is 0 Å². The molecule has 9 heteroatoms. The van der Waals surface area contributed by atoms with Crippen molar-refractivity contribution in [3.8, 4) is 0 Å². The Morgan fingerprint density at radius 3 is 2.75 bits per heavy atom. The van der Waals surface area contributed by atoms with Gasteiger partial charge in [0.05, 0.1) is 24.0 Å². The summed E-state index contributed by atoms with van der Waals surface area (Å²) < 4.78 is 0. The zero-order chi connectivity index (χ0) is 20.5. The van der Waals surface area contributed by atoms with Crippen LogP contribution in [-0.2, 0) is 14.4 Å². The number of nitrogens with one attached hydrogen (secondary N) is 4. The number of aromatic amines is 1. The average molecular weight is 388 g/mol. The number of pyridine rings is 1. The number of hydrogen-bond acceptors (Lipinski definition) is 5. The van der Waals surface area contributed by atoms with Gasteiger partial charge in [0.1, 0.15) is 11.7 Å². The van der Waals surface area contributed by atoms with Crippen molar-refractivity contribution in [2.75, 3.05) is 30.9 Å². The number of rotatable bonds is 8. The summed E-state index contributed by atoms with van der Waals surface area (Å²) in [4.78, 5) is 41.3. The molecule has 3 heterocycles. The van der Waals surface area contributed by atoms with Crippen molar-refractivity contribution in [2.24, 2.45) is 0 Å². The standard InChI is InChI=1S/C10H12N4O.C9H16N2O2/c1-14(2)9-7-3-4-11-10(7)12-5-8(9)13-6-15;1-2-3-4-5-10-9(13)7-6-8(12)11-7/h3-6H,1-2H3,(H,11,12)(H,13,15);7H,2-6H2,1H3,(H,10,13)(H,11,12). The van der Waals surface area contributed by atoms with Crippen LogP contribution in [0.25, 0.3) is 11.0 Å². The summed E-state index contributed by atoms with van der Waals surface area (Å²) in [6.07, 6.45) is 7.77. The van der Waals surface area contributed by atoms with Gasteiger partial charge in [-0.15, -0.1) is 0 Å². The largest absolute Gasteiger partial charge is 0.375 e. The van der Waals surface area contributed by atoms with E-state index in [0.29, 0.717) is 18.5 Å². The monoisotopic (exact) mass is 388 g/mol. The number of anilines is 2. The van der Waals surface area contributed by atoms with Crippen LogP contribution in [0.1, 0.15) is 32.6 Å². The number of carbonyl (C=O) groups is 3. The maximum absolute atomic E-state index is 11.2. The van der Waals surface area contributed by atoms with Gasteiger partial charge in [-0.3, -0.25) is 14.4 Å². The zero-order valence-electron chi connectivity index (χ0n) is 16.5. The molecule has 1 aliphatic rings. The summed E-state index contributed by atoms with van der Waals surface area (Å²) in [6.45, 7) is 2.84. The van der Waals surface area contributed by atoms with Gasteiger partial charge in [-0.05, 0) is 12.5 Å². The van der Waals surface area contributed by atoms with Gasteiger partial charge in [-0.1, -0.05) is 19.8 Å². The quantitative estimate of drug-likeness (QED) is 0.309. The van der Waals surface area contributed by atoms with E-state index in [2.05, 4.69) is 32.8 Å². The van der Waals surface area contributed by atoms with E-state index >= 15 is 0 Å². The molecule has 3 amide bonds. The molecular formula is C19H28N6O3. The minimum absolute atomic E-state index is 0.0336. The number of carbonyl (C=O) groups excluding carboxylic acids is 3. The normalized spacial score (nSPS) is 15.0. The number of aromatic nitrogens is 2. The molecule has 0 spiro atoms. The van der Waals surface area contributed by atoms with E-state index in [-0.39, 0.29) is 17.9 Å². The fourth-order valence-corrected chi connectivity index (χ4v) is 2.87. The van der Waals surface area contributed by atoms with Crippen LogP contribution in [0.5, 0.6) is 0 Å². The number of nitrogens with zero attached hydrogens (tertiary/aromatic N) is 2. The first-order valence-corrected chi connectivity index (χ1v) is 9.38. The molecule has 1 atom stereocenters. The third kappa shape index (κ3) is 5.45. The van der Waals surface area contributed by atoms with Gasteiger partial charge in [0.15, 0.2) is 0 Å². The topological polar surface area (TPSA) is 119 Å². The van der Waals surface area contributed by atoms with E-state index in [0.717, 1.165) is 42.5 Å². The molecule has 152 valence electrons. The van der Waals surface area contributed by atoms with Gasteiger partial charge in [0, 0.05) is 32.2 Å². The fourth-order valence-electron chi connectivity index (χ4n) is 2.87. The second-order valence-corrected chi connectivity index (χ2v) is 6.74. The van der Waals surface area contributed by atoms with Gasteiger partial charge in [0.25, 0.3) is 0 Å². The molecule has 9 nitrogen and oxygen atoms in total. The first kappa shape index (κ1) is 21.2. The van der Waals surface area contributed by atoms with E-state index in [1.54, 1.807) is 6.20 Å². The van der Waals surface area contributed by atoms with Crippen LogP contribution in [-0.4, -0.2) is 54.9 Å². The van der Waals surface area contributed by atoms with Crippen LogP contribution in [0.3, 0.4) is 0 Å². The summed E-state index contributed by atoms with van der Waals surface area (Å²) in [5.41, 5.74) is 2.48. The summed E-state index contributed by atoms with van der Waals surface area (Å²) in [7, 11) is 3.86. The highest BCUT2D eigenvalue weighted by Crippen LogP contribution is 2.31. The molecule has 0 radical (unpaired) electrons. The average Bonchev–Trinajstić information content (AvgIpc) is 3.11. The van der Waals surface area contributed by atoms with Crippen LogP contribution in [0.4, 0.5) is 11.4 Å². The van der Waals surface area contributed by atoms with Crippen molar-refractivity contribution >= 4 is 40.6 Å². The summed E-state index contributed by atoms with van der Waals surface area (Å²) in [6, 6.07) is 1.67. The van der Waals surface area contributed by atoms with Crippen LogP contribution in [0.15, 0.2) is 18.5 Å². The predicted octanol–water partition coefficient (Wildman–Crippen LogP) is 1.38. The first-order chi connectivity index (χ1) is 13.5. The lowest BCUT2D eigenvalue weighted by atomic mass is 10.1. The van der Waals surface area contributed by atoms with Gasteiger partial charge in [-0.25, -0.2) is 4.98 Å². The first-order valence-electron chi connectivity index (χ1n) is 9.38. The van der Waals surface area contributed by atoms with Crippen molar-refractivity contribution in [3.63, 3.8) is 0 Å². The molecule has 1 aliphatic heterocycles. The maximum Gasteiger partial charge on any atom is 0.243 e. The van der Waals surface area contributed by atoms with E-state index in [1.165, 1.54) is 0 Å². The van der Waals surface area contributed by atoms with Gasteiger partial charge in [-0.2, -0.15) is 0 Å². The van der Waals surface area contributed by atoms with Gasteiger partial charge in [0.2, 0.25) is 18.2 Å². The Morgan fingerprint density at radius 2 is 2.14 bits per heavy atom. The van der Waals surface area contributed by atoms with Crippen molar-refractivity contribution in [1.82, 2.24) is 20.6 Å². The van der Waals surface area contributed by atoms with Gasteiger partial charge < -0.3 is 25.8 Å². The Hall–Kier alpha value is -3.10. The predicted molar refractivity (Wildman–Crippen MR) is 109 cm³/mol. The minimum Gasteiger partial charge on any atom is -0.375 e. The third-order valence-corrected chi connectivity index (χ3v) is 4.34. The number of hydrogen-bond donors (Lipinski definition) is 4. The number of amides is 3. The molecule has 0 aromatic carbocycles. The molecule has 2 aromatic rings. The Kier molecular flexibility index (Phi) is 7.79. The molecular weight excluding hydrogens is 360 g/mol. The van der Waals surface area contributed by atoms with Crippen LogP contribution >= 0.6 is 0 Å². The van der Waals surface area contributed by atoms with Crippen LogP contribution < -0.4 is 20.9 Å². The second-order valence-electron chi connectivity index (χ2n) is 6.74. The Labute approximate surface area is 164 Å². The Morgan fingerprint density at radius 1 is 1.39 bits per heavy atom. The molecule has 1 fully saturated rings. The number of β-lactam (4-membered cyclic amide) rings is 1. The highest BCUT2D eigenvalue weighted by atomic mass is 16.2. The van der Waals surface area contributed by atoms with E-state index < -0.39 is 0 Å². The zero-order valence-corrected chi connectivity index (χ0v) is 16.5. The molecule has 4 N–H and O–H groups in total. The molecule has 28 heavy (non-hydrogen) atoms. The second kappa shape index (κ2) is 10.3. The van der Waals surface area contributed by atoms with E-state index in [9.17, 15) is 14.4 Å². The maximum atomic E-state index is 11.2. The van der Waals surface area contributed by atoms with Crippen molar-refractivity contribution in [2.45, 2.75) is 38.6 Å². The molecule has 0 saturated carbocycles. The highest BCUT2D eigenvalue weighted by Gasteiger charge is 2.31. The number of H-pyrrole nitrogens is 1. The Balaban J connectivity index is 0.000000203. The molecule has 1 saturated heterocycles. The minimum atomic E-state index is -0.269. The molecule has 0 bridgehead atoms. The lowest BCUT2D eigenvalue weighted by molar-refractivity contribution is -0.137. The molecule has 2 aromatic heterocycles. The smallest absolute Gasteiger partial charge is 0.243 e. The number of fused-ring (bicyclic) bond motifs is 1. The lowest BCUT2D eigenvalue weighted by Gasteiger charge is -2.25. The number of unbranched alkanes of at least 4 members (excludes halogenated alkanes) is 2. The summed E-state index contributed by atoms with van der Waals surface area (Å²) >= 11 is 0. The molecule has 3 rings (SSSR count). The molecule has 1 unspecified atom stereocenters. The molecule has 0 aliphatic carbocycles. The van der Waals surface area contributed by atoms with Crippen LogP contribution in [0.2, 0.25) is 0 Å².